The van der Waals surface area contributed by atoms with E-state index in [1.165, 1.54) is 116 Å². The predicted molar refractivity (Wildman–Crippen MR) is 231 cm³/mol. The summed E-state index contributed by atoms with van der Waals surface area (Å²) in [5, 5.41) is 8.89. The number of allylic oxidation sites excluding steroid dienone is 4. The molecule has 0 aromatic carbocycles. The summed E-state index contributed by atoms with van der Waals surface area (Å²) in [5.41, 5.74) is 5.34. The van der Waals surface area contributed by atoms with Gasteiger partial charge in [-0.2, -0.15) is 0 Å². The van der Waals surface area contributed by atoms with Crippen molar-refractivity contribution in [2.75, 3.05) is 19.8 Å². The van der Waals surface area contributed by atoms with E-state index >= 15 is 0 Å². The van der Waals surface area contributed by atoms with Gasteiger partial charge in [-0.3, -0.25) is 23.4 Å². The number of unbranched alkanes of at least 4 members (excludes halogenated alkanes) is 25. The first-order chi connectivity index (χ1) is 27.6. The van der Waals surface area contributed by atoms with E-state index in [1.807, 2.05) is 0 Å². The molecule has 0 aliphatic carbocycles. The standard InChI is InChI=1S/C45H84NO10P/c1-3-5-7-9-11-13-15-17-19-20-21-22-23-25-27-29-31-33-35-37-44(48)56-41(39-54-57(51,52)55-40-42(46)45(49)50)38-53-43(47)36-34-32-30-28-26-24-18-16-14-12-10-8-6-4-2/h16-19,41-42H,3-15,20-40,46H2,1-2H3,(H,49,50)(H,51,52)/b18-16+,19-17+/t41-,42+/m1/s1. The number of rotatable bonds is 43. The molecule has 12 heteroatoms. The molecule has 334 valence electrons. The molecular formula is C45H84NO10P. The number of phosphoric acid groups is 1. The lowest BCUT2D eigenvalue weighted by Crippen LogP contribution is -2.34. The Morgan fingerprint density at radius 1 is 0.526 bits per heavy atom. The van der Waals surface area contributed by atoms with Gasteiger partial charge in [0.2, 0.25) is 0 Å². The van der Waals surface area contributed by atoms with Gasteiger partial charge in [0.25, 0.3) is 0 Å². The van der Waals surface area contributed by atoms with E-state index < -0.39 is 51.1 Å². The molecule has 57 heavy (non-hydrogen) atoms. The van der Waals surface area contributed by atoms with Gasteiger partial charge in [-0.15, -0.1) is 0 Å². The minimum absolute atomic E-state index is 0.159. The van der Waals surface area contributed by atoms with Crippen LogP contribution in [-0.2, 0) is 37.5 Å². The number of esters is 2. The van der Waals surface area contributed by atoms with Gasteiger partial charge in [0, 0.05) is 12.8 Å². The maximum Gasteiger partial charge on any atom is 0.472 e. The minimum atomic E-state index is -4.72. The Morgan fingerprint density at radius 2 is 0.877 bits per heavy atom. The molecule has 0 aromatic heterocycles. The summed E-state index contributed by atoms with van der Waals surface area (Å²) in [4.78, 5) is 46.0. The van der Waals surface area contributed by atoms with E-state index in [2.05, 4.69) is 42.7 Å². The quantitative estimate of drug-likeness (QED) is 0.0231. The molecule has 0 fully saturated rings. The number of carboxylic acid groups (broad SMARTS) is 1. The maximum absolute atomic E-state index is 12.6. The van der Waals surface area contributed by atoms with Gasteiger partial charge in [0.15, 0.2) is 6.10 Å². The zero-order valence-corrected chi connectivity index (χ0v) is 37.1. The summed E-state index contributed by atoms with van der Waals surface area (Å²) in [6, 6.07) is -1.52. The molecule has 4 N–H and O–H groups in total. The Hall–Kier alpha value is -2.04. The molecular weight excluding hydrogens is 745 g/mol. The Kier molecular flexibility index (Phi) is 39.3. The third kappa shape index (κ3) is 40.5. The summed E-state index contributed by atoms with van der Waals surface area (Å²) in [6.45, 7) is 2.80. The topological polar surface area (TPSA) is 172 Å². The van der Waals surface area contributed by atoms with Crippen LogP contribution in [0.5, 0.6) is 0 Å². The van der Waals surface area contributed by atoms with E-state index in [0.717, 1.165) is 57.8 Å². The van der Waals surface area contributed by atoms with E-state index in [0.29, 0.717) is 12.8 Å². The summed E-state index contributed by atoms with van der Waals surface area (Å²) in [6.07, 6.45) is 42.4. The molecule has 1 unspecified atom stereocenters. The minimum Gasteiger partial charge on any atom is -0.480 e. The van der Waals surface area contributed by atoms with E-state index in [9.17, 15) is 23.8 Å². The molecule has 0 rings (SSSR count). The highest BCUT2D eigenvalue weighted by atomic mass is 31.2. The first-order valence-electron chi connectivity index (χ1n) is 22.9. The molecule has 0 heterocycles. The molecule has 0 bridgehead atoms. The lowest BCUT2D eigenvalue weighted by molar-refractivity contribution is -0.161. The van der Waals surface area contributed by atoms with Crippen LogP contribution in [0.1, 0.15) is 213 Å². The Labute approximate surface area is 347 Å². The highest BCUT2D eigenvalue weighted by molar-refractivity contribution is 7.47. The second-order valence-corrected chi connectivity index (χ2v) is 17.0. The smallest absolute Gasteiger partial charge is 0.472 e. The number of aliphatic carboxylic acids is 1. The van der Waals surface area contributed by atoms with Crippen molar-refractivity contribution in [2.24, 2.45) is 5.73 Å². The normalized spacial score (nSPS) is 13.9. The van der Waals surface area contributed by atoms with E-state index in [4.69, 9.17) is 24.8 Å². The van der Waals surface area contributed by atoms with Crippen molar-refractivity contribution in [3.63, 3.8) is 0 Å². The first kappa shape index (κ1) is 55.0. The fourth-order valence-corrected chi connectivity index (χ4v) is 7.07. The van der Waals surface area contributed by atoms with Crippen molar-refractivity contribution in [3.8, 4) is 0 Å². The van der Waals surface area contributed by atoms with Crippen LogP contribution in [0.2, 0.25) is 0 Å². The zero-order chi connectivity index (χ0) is 42.1. The largest absolute Gasteiger partial charge is 0.480 e. The zero-order valence-electron chi connectivity index (χ0n) is 36.2. The van der Waals surface area contributed by atoms with Crippen LogP contribution in [-0.4, -0.2) is 59.9 Å². The number of hydrogen-bond acceptors (Lipinski definition) is 9. The Bertz CT molecular complexity index is 1070. The van der Waals surface area contributed by atoms with Gasteiger partial charge >= 0.3 is 25.7 Å². The SMILES string of the molecule is CCCCCCC/C=C/CCCCCCCC(=O)OC[C@H](COP(=O)(O)OC[C@H](N)C(=O)O)OC(=O)CCCCCCCCCCC/C=C/CCCCCCCC. The Balaban J connectivity index is 4.32. The fraction of sp³-hybridized carbons (Fsp3) is 0.844. The van der Waals surface area contributed by atoms with Crippen LogP contribution in [0.15, 0.2) is 24.3 Å². The molecule has 0 saturated carbocycles. The predicted octanol–water partition coefficient (Wildman–Crippen LogP) is 12.2. The molecule has 0 amide bonds. The van der Waals surface area contributed by atoms with Crippen molar-refractivity contribution in [1.29, 1.82) is 0 Å². The molecule has 0 aliphatic rings. The van der Waals surface area contributed by atoms with Gasteiger partial charge in [0.1, 0.15) is 12.6 Å². The van der Waals surface area contributed by atoms with Gasteiger partial charge in [-0.25, -0.2) is 4.57 Å². The van der Waals surface area contributed by atoms with Crippen LogP contribution in [0, 0.1) is 0 Å². The molecule has 0 aromatic rings. The fourth-order valence-electron chi connectivity index (χ4n) is 6.29. The molecule has 0 aliphatic heterocycles. The van der Waals surface area contributed by atoms with Crippen molar-refractivity contribution >= 4 is 25.7 Å². The second-order valence-electron chi connectivity index (χ2n) is 15.5. The number of carbonyl (C=O) groups excluding carboxylic acids is 2. The van der Waals surface area contributed by atoms with Crippen molar-refractivity contribution in [1.82, 2.24) is 0 Å². The van der Waals surface area contributed by atoms with Gasteiger partial charge in [-0.1, -0.05) is 160 Å². The third-order valence-electron chi connectivity index (χ3n) is 9.92. The van der Waals surface area contributed by atoms with Crippen LogP contribution in [0.4, 0.5) is 0 Å². The van der Waals surface area contributed by atoms with Crippen LogP contribution in [0.25, 0.3) is 0 Å². The maximum atomic E-state index is 12.6. The molecule has 0 saturated heterocycles. The average molecular weight is 830 g/mol. The molecule has 3 atom stereocenters. The van der Waals surface area contributed by atoms with Crippen molar-refractivity contribution in [3.05, 3.63) is 24.3 Å². The Morgan fingerprint density at radius 3 is 1.28 bits per heavy atom. The lowest BCUT2D eigenvalue weighted by atomic mass is 10.1. The third-order valence-corrected chi connectivity index (χ3v) is 10.9. The number of carbonyl (C=O) groups is 3. The number of nitrogens with two attached hydrogens (primary N) is 1. The summed E-state index contributed by atoms with van der Waals surface area (Å²) >= 11 is 0. The van der Waals surface area contributed by atoms with Gasteiger partial charge in [-0.05, 0) is 64.2 Å². The second kappa shape index (κ2) is 40.7. The number of hydrogen-bond donors (Lipinski definition) is 3. The van der Waals surface area contributed by atoms with Gasteiger partial charge < -0.3 is 25.2 Å². The van der Waals surface area contributed by atoms with Crippen molar-refractivity contribution in [2.45, 2.75) is 225 Å². The summed E-state index contributed by atoms with van der Waals surface area (Å²) < 4.78 is 32.7. The highest BCUT2D eigenvalue weighted by Crippen LogP contribution is 2.43. The van der Waals surface area contributed by atoms with E-state index in [-0.39, 0.29) is 19.4 Å². The molecule has 0 radical (unpaired) electrons. The summed E-state index contributed by atoms with van der Waals surface area (Å²) in [7, 11) is -4.72. The number of phosphoric ester groups is 1. The highest BCUT2D eigenvalue weighted by Gasteiger charge is 2.28. The molecule has 11 nitrogen and oxygen atoms in total. The lowest BCUT2D eigenvalue weighted by Gasteiger charge is -2.20. The van der Waals surface area contributed by atoms with E-state index in [1.54, 1.807) is 0 Å². The average Bonchev–Trinajstić information content (AvgIpc) is 3.19. The molecule has 0 spiro atoms. The number of carboxylic acids is 1. The number of ether oxygens (including phenoxy) is 2. The van der Waals surface area contributed by atoms with Crippen LogP contribution < -0.4 is 5.73 Å². The van der Waals surface area contributed by atoms with Crippen molar-refractivity contribution < 1.29 is 47.5 Å². The van der Waals surface area contributed by atoms with Crippen LogP contribution >= 0.6 is 7.82 Å². The monoisotopic (exact) mass is 830 g/mol. The van der Waals surface area contributed by atoms with Crippen LogP contribution in [0.3, 0.4) is 0 Å². The first-order valence-corrected chi connectivity index (χ1v) is 24.4. The summed E-state index contributed by atoms with van der Waals surface area (Å²) in [5.74, 6) is -2.38. The van der Waals surface area contributed by atoms with Gasteiger partial charge in [0.05, 0.1) is 13.2 Å².